The minimum Gasteiger partial charge on any atom is -0.473 e. The summed E-state index contributed by atoms with van der Waals surface area (Å²) < 4.78 is 18.1. The molecule has 0 saturated carbocycles. The van der Waals surface area contributed by atoms with Crippen LogP contribution >= 0.6 is 0 Å². The van der Waals surface area contributed by atoms with E-state index in [0.717, 1.165) is 13.1 Å². The first-order valence-electron chi connectivity index (χ1n) is 4.32. The summed E-state index contributed by atoms with van der Waals surface area (Å²) in [7, 11) is 0. The van der Waals surface area contributed by atoms with Crippen LogP contribution in [-0.4, -0.2) is 29.7 Å². The highest BCUT2D eigenvalue weighted by atomic mass is 19.1. The van der Waals surface area contributed by atoms with Crippen LogP contribution in [0, 0.1) is 5.95 Å². The van der Waals surface area contributed by atoms with Crippen LogP contribution in [0.2, 0.25) is 0 Å². The van der Waals surface area contributed by atoms with Crippen LogP contribution in [0.5, 0.6) is 5.75 Å². The van der Waals surface area contributed by atoms with Crippen LogP contribution in [0.4, 0.5) is 4.39 Å². The lowest BCUT2D eigenvalue weighted by molar-refractivity contribution is 0.0699. The van der Waals surface area contributed by atoms with E-state index in [1.807, 2.05) is 0 Å². The number of hydrogen-bond donors (Lipinski definition) is 0. The monoisotopic (exact) mass is 182 g/mol. The number of ether oxygens (including phenoxy) is 1. The predicted molar refractivity (Wildman–Crippen MR) is 45.9 cm³/mol. The van der Waals surface area contributed by atoms with Crippen molar-refractivity contribution in [3.63, 3.8) is 0 Å². The van der Waals surface area contributed by atoms with Gasteiger partial charge in [-0.1, -0.05) is 0 Å². The van der Waals surface area contributed by atoms with Gasteiger partial charge in [0.1, 0.15) is 6.73 Å². The molecule has 0 aromatic carbocycles. The Balaban J connectivity index is 1.89. The third kappa shape index (κ3) is 1.95. The summed E-state index contributed by atoms with van der Waals surface area (Å²) in [6, 6.07) is 3.25. The van der Waals surface area contributed by atoms with Gasteiger partial charge < -0.3 is 4.74 Å². The zero-order chi connectivity index (χ0) is 9.10. The molecule has 13 heavy (non-hydrogen) atoms. The van der Waals surface area contributed by atoms with Gasteiger partial charge in [-0.25, -0.2) is 4.98 Å². The van der Waals surface area contributed by atoms with Crippen molar-refractivity contribution in [1.29, 1.82) is 0 Å². The highest BCUT2D eigenvalue weighted by Crippen LogP contribution is 2.14. The molecule has 0 radical (unpaired) electrons. The molecule has 0 unspecified atom stereocenters. The van der Waals surface area contributed by atoms with Crippen molar-refractivity contribution < 1.29 is 9.13 Å². The molecule has 0 atom stereocenters. The summed E-state index contributed by atoms with van der Waals surface area (Å²) in [6.07, 6.45) is 2.62. The standard InChI is InChI=1S/C9H11FN2O/c10-9-8(3-1-4-11-9)13-7-12-5-2-6-12/h1,3-4H,2,5-7H2. The molecule has 2 heterocycles. The van der Waals surface area contributed by atoms with Gasteiger partial charge in [0.05, 0.1) is 0 Å². The number of likely N-dealkylation sites (tertiary alicyclic amines) is 1. The second-order valence-corrected chi connectivity index (χ2v) is 3.04. The molecule has 0 aliphatic carbocycles. The van der Waals surface area contributed by atoms with Crippen molar-refractivity contribution in [1.82, 2.24) is 9.88 Å². The lowest BCUT2D eigenvalue weighted by atomic mass is 10.2. The van der Waals surface area contributed by atoms with Gasteiger partial charge in [0.25, 0.3) is 5.95 Å². The van der Waals surface area contributed by atoms with Crippen LogP contribution in [0.3, 0.4) is 0 Å². The molecule has 1 aromatic heterocycles. The largest absolute Gasteiger partial charge is 0.473 e. The molecule has 0 N–H and O–H groups in total. The first-order chi connectivity index (χ1) is 6.36. The Morgan fingerprint density at radius 3 is 3.00 bits per heavy atom. The molecule has 1 aliphatic heterocycles. The normalized spacial score (nSPS) is 16.7. The molecular formula is C9H11FN2O. The fraction of sp³-hybridized carbons (Fsp3) is 0.444. The Hall–Kier alpha value is -1.16. The summed E-state index contributed by atoms with van der Waals surface area (Å²) in [4.78, 5) is 5.59. The molecule has 0 bridgehead atoms. The van der Waals surface area contributed by atoms with Crippen molar-refractivity contribution >= 4 is 0 Å². The maximum Gasteiger partial charge on any atom is 0.255 e. The zero-order valence-electron chi connectivity index (χ0n) is 7.24. The van der Waals surface area contributed by atoms with Crippen molar-refractivity contribution in [3.8, 4) is 5.75 Å². The molecule has 2 rings (SSSR count). The van der Waals surface area contributed by atoms with Crippen LogP contribution in [0.1, 0.15) is 6.42 Å². The van der Waals surface area contributed by atoms with E-state index in [9.17, 15) is 4.39 Å². The van der Waals surface area contributed by atoms with E-state index in [1.54, 1.807) is 12.1 Å². The van der Waals surface area contributed by atoms with Gasteiger partial charge in [0.2, 0.25) is 0 Å². The topological polar surface area (TPSA) is 25.4 Å². The van der Waals surface area contributed by atoms with Crippen molar-refractivity contribution in [2.45, 2.75) is 6.42 Å². The summed E-state index contributed by atoms with van der Waals surface area (Å²) in [5.41, 5.74) is 0. The number of halogens is 1. The Labute approximate surface area is 76.1 Å². The molecule has 1 aromatic rings. The van der Waals surface area contributed by atoms with Crippen LogP contribution in [0.25, 0.3) is 0 Å². The Morgan fingerprint density at radius 1 is 1.54 bits per heavy atom. The molecular weight excluding hydrogens is 171 g/mol. The van der Waals surface area contributed by atoms with E-state index < -0.39 is 5.95 Å². The second kappa shape index (κ2) is 3.70. The molecule has 0 amide bonds. The van der Waals surface area contributed by atoms with E-state index in [1.165, 1.54) is 12.6 Å². The minimum absolute atomic E-state index is 0.231. The number of pyridine rings is 1. The van der Waals surface area contributed by atoms with E-state index in [0.29, 0.717) is 6.73 Å². The van der Waals surface area contributed by atoms with Crippen molar-refractivity contribution in [3.05, 3.63) is 24.3 Å². The Morgan fingerprint density at radius 2 is 2.38 bits per heavy atom. The fourth-order valence-corrected chi connectivity index (χ4v) is 1.15. The summed E-state index contributed by atoms with van der Waals surface area (Å²) >= 11 is 0. The Kier molecular flexibility index (Phi) is 2.40. The van der Waals surface area contributed by atoms with Gasteiger partial charge in [-0.05, 0) is 18.6 Å². The van der Waals surface area contributed by atoms with Gasteiger partial charge >= 0.3 is 0 Å². The van der Waals surface area contributed by atoms with Crippen LogP contribution in [-0.2, 0) is 0 Å². The third-order valence-corrected chi connectivity index (χ3v) is 2.08. The smallest absolute Gasteiger partial charge is 0.255 e. The quantitative estimate of drug-likeness (QED) is 0.658. The van der Waals surface area contributed by atoms with Gasteiger partial charge in [-0.15, -0.1) is 0 Å². The Bertz CT molecular complexity index is 289. The van der Waals surface area contributed by atoms with E-state index >= 15 is 0 Å². The number of aromatic nitrogens is 1. The lowest BCUT2D eigenvalue weighted by Gasteiger charge is -2.29. The average Bonchev–Trinajstić information content (AvgIpc) is 2.05. The van der Waals surface area contributed by atoms with E-state index in [-0.39, 0.29) is 5.75 Å². The number of rotatable bonds is 3. The maximum atomic E-state index is 12.9. The minimum atomic E-state index is -0.539. The lowest BCUT2D eigenvalue weighted by Crippen LogP contribution is -2.39. The van der Waals surface area contributed by atoms with Crippen molar-refractivity contribution in [2.75, 3.05) is 19.8 Å². The summed E-state index contributed by atoms with van der Waals surface area (Å²) in [5.74, 6) is -0.308. The average molecular weight is 182 g/mol. The van der Waals surface area contributed by atoms with Crippen LogP contribution in [0.15, 0.2) is 18.3 Å². The van der Waals surface area contributed by atoms with Crippen LogP contribution < -0.4 is 4.74 Å². The molecule has 1 saturated heterocycles. The number of hydrogen-bond acceptors (Lipinski definition) is 3. The SMILES string of the molecule is Fc1ncccc1OCN1CCC1. The molecule has 0 spiro atoms. The molecule has 70 valence electrons. The fourth-order valence-electron chi connectivity index (χ4n) is 1.15. The first-order valence-corrected chi connectivity index (χ1v) is 4.32. The molecule has 3 nitrogen and oxygen atoms in total. The van der Waals surface area contributed by atoms with Gasteiger partial charge in [0.15, 0.2) is 5.75 Å². The summed E-state index contributed by atoms with van der Waals surface area (Å²) in [5, 5.41) is 0. The molecule has 1 fully saturated rings. The highest BCUT2D eigenvalue weighted by Gasteiger charge is 2.14. The highest BCUT2D eigenvalue weighted by molar-refractivity contribution is 5.17. The van der Waals surface area contributed by atoms with Gasteiger partial charge in [-0.2, -0.15) is 4.39 Å². The van der Waals surface area contributed by atoms with E-state index in [2.05, 4.69) is 9.88 Å². The van der Waals surface area contributed by atoms with Crippen molar-refractivity contribution in [2.24, 2.45) is 0 Å². The summed E-state index contributed by atoms with van der Waals surface area (Å²) in [6.45, 7) is 2.55. The second-order valence-electron chi connectivity index (χ2n) is 3.04. The maximum absolute atomic E-state index is 12.9. The zero-order valence-corrected chi connectivity index (χ0v) is 7.24. The molecule has 4 heteroatoms. The van der Waals surface area contributed by atoms with E-state index in [4.69, 9.17) is 4.74 Å². The first kappa shape index (κ1) is 8.44. The third-order valence-electron chi connectivity index (χ3n) is 2.08. The predicted octanol–water partition coefficient (Wildman–Crippen LogP) is 1.26. The number of nitrogens with zero attached hydrogens (tertiary/aromatic N) is 2. The molecule has 1 aliphatic rings. The van der Waals surface area contributed by atoms with Gasteiger partial charge in [-0.3, -0.25) is 4.90 Å². The van der Waals surface area contributed by atoms with Gasteiger partial charge in [0, 0.05) is 19.3 Å².